The fourth-order valence-electron chi connectivity index (χ4n) is 1.44. The molecule has 80 valence electrons. The average Bonchev–Trinajstić information content (AvgIpc) is 2.28. The lowest BCUT2D eigenvalue weighted by molar-refractivity contribution is 0.349. The summed E-state index contributed by atoms with van der Waals surface area (Å²) in [6.45, 7) is 0. The van der Waals surface area contributed by atoms with E-state index in [1.165, 1.54) is 0 Å². The van der Waals surface area contributed by atoms with Gasteiger partial charge in [-0.25, -0.2) is 0 Å². The highest BCUT2D eigenvalue weighted by atomic mass is 16.5. The molecular weight excluding hydrogens is 190 g/mol. The summed E-state index contributed by atoms with van der Waals surface area (Å²) in [6, 6.07) is 5.36. The fourth-order valence-corrected chi connectivity index (χ4v) is 1.44. The predicted octanol–water partition coefficient (Wildman–Crippen LogP) is 1.73. The predicted molar refractivity (Wildman–Crippen MR) is 59.9 cm³/mol. The Morgan fingerprint density at radius 2 is 2.13 bits per heavy atom. The van der Waals surface area contributed by atoms with Gasteiger partial charge in [-0.15, -0.1) is 12.3 Å². The quantitative estimate of drug-likeness (QED) is 0.761. The summed E-state index contributed by atoms with van der Waals surface area (Å²) in [5.74, 6) is 3.86. The van der Waals surface area contributed by atoms with Gasteiger partial charge in [-0.1, -0.05) is 12.1 Å². The maximum atomic E-state index is 5.93. The summed E-state index contributed by atoms with van der Waals surface area (Å²) >= 11 is 0. The minimum atomic E-state index is -0.222. The Bertz CT molecular complexity index is 368. The summed E-state index contributed by atoms with van der Waals surface area (Å²) < 4.78 is 10.4. The minimum Gasteiger partial charge on any atom is -0.493 e. The molecular formula is C12H15NO2. The number of benzene rings is 1. The molecule has 1 rings (SSSR count). The number of para-hydroxylation sites is 1. The molecule has 3 nitrogen and oxygen atoms in total. The maximum absolute atomic E-state index is 5.93. The summed E-state index contributed by atoms with van der Waals surface area (Å²) in [4.78, 5) is 0. The minimum absolute atomic E-state index is 0.222. The van der Waals surface area contributed by atoms with Crippen molar-refractivity contribution in [2.24, 2.45) is 5.73 Å². The molecule has 3 heteroatoms. The van der Waals surface area contributed by atoms with Gasteiger partial charge in [0, 0.05) is 18.0 Å². The molecule has 0 saturated heterocycles. The summed E-state index contributed by atoms with van der Waals surface area (Å²) in [7, 11) is 3.18. The second kappa shape index (κ2) is 5.28. The molecule has 0 saturated carbocycles. The number of hydrogen-bond acceptors (Lipinski definition) is 3. The van der Waals surface area contributed by atoms with Gasteiger partial charge in [0.05, 0.1) is 14.2 Å². The Labute approximate surface area is 90.2 Å². The Kier molecular flexibility index (Phi) is 4.02. The Balaban J connectivity index is 3.12. The Hall–Kier alpha value is -1.66. The number of nitrogens with two attached hydrogens (primary N) is 1. The van der Waals surface area contributed by atoms with E-state index < -0.39 is 0 Å². The molecule has 15 heavy (non-hydrogen) atoms. The van der Waals surface area contributed by atoms with Crippen LogP contribution in [-0.4, -0.2) is 14.2 Å². The van der Waals surface area contributed by atoms with E-state index >= 15 is 0 Å². The molecule has 0 aromatic heterocycles. The largest absolute Gasteiger partial charge is 0.493 e. The van der Waals surface area contributed by atoms with E-state index in [1.54, 1.807) is 14.2 Å². The van der Waals surface area contributed by atoms with Crippen molar-refractivity contribution in [1.29, 1.82) is 0 Å². The van der Waals surface area contributed by atoms with E-state index in [4.69, 9.17) is 21.6 Å². The molecule has 0 aliphatic rings. The SMILES string of the molecule is C#CCC(N)c1cccc(OC)c1OC. The van der Waals surface area contributed by atoms with Crippen LogP contribution in [0.4, 0.5) is 0 Å². The zero-order valence-electron chi connectivity index (χ0n) is 8.99. The average molecular weight is 205 g/mol. The van der Waals surface area contributed by atoms with Crippen LogP contribution >= 0.6 is 0 Å². The van der Waals surface area contributed by atoms with Gasteiger partial charge in [0.1, 0.15) is 0 Å². The first kappa shape index (κ1) is 11.4. The fraction of sp³-hybridized carbons (Fsp3) is 0.333. The molecule has 0 radical (unpaired) electrons. The van der Waals surface area contributed by atoms with Crippen molar-refractivity contribution < 1.29 is 9.47 Å². The monoisotopic (exact) mass is 205 g/mol. The molecule has 1 unspecified atom stereocenters. The summed E-state index contributed by atoms with van der Waals surface area (Å²) in [5, 5.41) is 0. The molecule has 0 aliphatic heterocycles. The van der Waals surface area contributed by atoms with Crippen molar-refractivity contribution >= 4 is 0 Å². The summed E-state index contributed by atoms with van der Waals surface area (Å²) in [5.41, 5.74) is 6.80. The van der Waals surface area contributed by atoms with Gasteiger partial charge < -0.3 is 15.2 Å². The molecule has 1 aromatic carbocycles. The molecule has 0 aliphatic carbocycles. The normalized spacial score (nSPS) is 11.6. The number of hydrogen-bond donors (Lipinski definition) is 1. The van der Waals surface area contributed by atoms with Crippen molar-refractivity contribution in [3.63, 3.8) is 0 Å². The van der Waals surface area contributed by atoms with E-state index in [0.717, 1.165) is 5.56 Å². The van der Waals surface area contributed by atoms with Gasteiger partial charge in [-0.2, -0.15) is 0 Å². The molecule has 0 fully saturated rings. The lowest BCUT2D eigenvalue weighted by Gasteiger charge is -2.15. The highest BCUT2D eigenvalue weighted by Crippen LogP contribution is 2.34. The molecule has 1 aromatic rings. The number of terminal acetylenes is 1. The van der Waals surface area contributed by atoms with Crippen molar-refractivity contribution in [3.05, 3.63) is 23.8 Å². The van der Waals surface area contributed by atoms with Gasteiger partial charge in [0.25, 0.3) is 0 Å². The topological polar surface area (TPSA) is 44.5 Å². The Morgan fingerprint density at radius 1 is 1.40 bits per heavy atom. The standard InChI is InChI=1S/C12H15NO2/c1-4-6-10(13)9-7-5-8-11(14-2)12(9)15-3/h1,5,7-8,10H,6,13H2,2-3H3. The van der Waals surface area contributed by atoms with Crippen molar-refractivity contribution in [3.8, 4) is 23.8 Å². The molecule has 2 N–H and O–H groups in total. The highest BCUT2D eigenvalue weighted by Gasteiger charge is 2.14. The van der Waals surface area contributed by atoms with Gasteiger partial charge in [0.15, 0.2) is 11.5 Å². The van der Waals surface area contributed by atoms with E-state index in [9.17, 15) is 0 Å². The van der Waals surface area contributed by atoms with Crippen LogP contribution in [0.1, 0.15) is 18.0 Å². The van der Waals surface area contributed by atoms with E-state index in [-0.39, 0.29) is 6.04 Å². The van der Waals surface area contributed by atoms with Crippen molar-refractivity contribution in [2.75, 3.05) is 14.2 Å². The zero-order valence-corrected chi connectivity index (χ0v) is 8.99. The first-order chi connectivity index (χ1) is 7.24. The molecule has 1 atom stereocenters. The molecule has 0 heterocycles. The van der Waals surface area contributed by atoms with Crippen LogP contribution in [0, 0.1) is 12.3 Å². The van der Waals surface area contributed by atoms with Crippen LogP contribution in [0.2, 0.25) is 0 Å². The number of methoxy groups -OCH3 is 2. The number of ether oxygens (including phenoxy) is 2. The number of rotatable bonds is 4. The van der Waals surface area contributed by atoms with Crippen LogP contribution in [0.5, 0.6) is 11.5 Å². The van der Waals surface area contributed by atoms with Crippen LogP contribution in [0.3, 0.4) is 0 Å². The first-order valence-corrected chi connectivity index (χ1v) is 4.64. The summed E-state index contributed by atoms with van der Waals surface area (Å²) in [6.07, 6.45) is 5.70. The van der Waals surface area contributed by atoms with Crippen LogP contribution in [0.25, 0.3) is 0 Å². The third kappa shape index (κ3) is 2.42. The van der Waals surface area contributed by atoms with Gasteiger partial charge in [-0.3, -0.25) is 0 Å². The van der Waals surface area contributed by atoms with Gasteiger partial charge >= 0.3 is 0 Å². The van der Waals surface area contributed by atoms with Gasteiger partial charge in [0.2, 0.25) is 0 Å². The van der Waals surface area contributed by atoms with Gasteiger partial charge in [-0.05, 0) is 6.07 Å². The smallest absolute Gasteiger partial charge is 0.165 e. The van der Waals surface area contributed by atoms with E-state index in [2.05, 4.69) is 5.92 Å². The third-order valence-corrected chi connectivity index (χ3v) is 2.17. The van der Waals surface area contributed by atoms with E-state index in [1.807, 2.05) is 18.2 Å². The second-order valence-corrected chi connectivity index (χ2v) is 3.10. The second-order valence-electron chi connectivity index (χ2n) is 3.10. The first-order valence-electron chi connectivity index (χ1n) is 4.64. The van der Waals surface area contributed by atoms with Crippen LogP contribution in [0.15, 0.2) is 18.2 Å². The van der Waals surface area contributed by atoms with Crippen molar-refractivity contribution in [2.45, 2.75) is 12.5 Å². The lowest BCUT2D eigenvalue weighted by atomic mass is 10.0. The lowest BCUT2D eigenvalue weighted by Crippen LogP contribution is -2.11. The van der Waals surface area contributed by atoms with E-state index in [0.29, 0.717) is 17.9 Å². The third-order valence-electron chi connectivity index (χ3n) is 2.17. The molecule has 0 amide bonds. The molecule has 0 bridgehead atoms. The zero-order chi connectivity index (χ0) is 11.3. The highest BCUT2D eigenvalue weighted by molar-refractivity contribution is 5.48. The Morgan fingerprint density at radius 3 is 2.67 bits per heavy atom. The van der Waals surface area contributed by atoms with Crippen LogP contribution in [-0.2, 0) is 0 Å². The van der Waals surface area contributed by atoms with Crippen molar-refractivity contribution in [1.82, 2.24) is 0 Å². The van der Waals surface area contributed by atoms with Crippen LogP contribution < -0.4 is 15.2 Å². The maximum Gasteiger partial charge on any atom is 0.165 e. The molecule has 0 spiro atoms.